The summed E-state index contributed by atoms with van der Waals surface area (Å²) in [5.41, 5.74) is 1.39. The molecule has 2 atom stereocenters. The van der Waals surface area contributed by atoms with Crippen LogP contribution in [0, 0.1) is 0 Å². The van der Waals surface area contributed by atoms with Crippen LogP contribution in [0.1, 0.15) is 31.7 Å². The summed E-state index contributed by atoms with van der Waals surface area (Å²) in [6.07, 6.45) is 4.80. The summed E-state index contributed by atoms with van der Waals surface area (Å²) in [4.78, 5) is 2.32. The predicted octanol–water partition coefficient (Wildman–Crippen LogP) is 3.53. The molecule has 1 fully saturated rings. The summed E-state index contributed by atoms with van der Waals surface area (Å²) >= 11 is 0. The van der Waals surface area contributed by atoms with Crippen LogP contribution in [0.3, 0.4) is 0 Å². The molecule has 2 heteroatoms. The van der Waals surface area contributed by atoms with Crippen molar-refractivity contribution in [3.05, 3.63) is 60.7 Å². The van der Waals surface area contributed by atoms with Gasteiger partial charge in [0, 0.05) is 19.1 Å². The van der Waals surface area contributed by atoms with Gasteiger partial charge in [-0.3, -0.25) is 4.90 Å². The molecular formula is C18H25NO. The van der Waals surface area contributed by atoms with Crippen molar-refractivity contribution in [3.63, 3.8) is 0 Å². The normalized spacial score (nSPS) is 25.9. The fraction of sp³-hybridized carbons (Fsp3) is 0.444. The molecule has 1 N–H and O–H groups in total. The zero-order valence-corrected chi connectivity index (χ0v) is 12.4. The Morgan fingerprint density at radius 3 is 2.75 bits per heavy atom. The summed E-state index contributed by atoms with van der Waals surface area (Å²) in [5.74, 6) is 0. The van der Waals surface area contributed by atoms with Gasteiger partial charge in [-0.05, 0) is 37.3 Å². The van der Waals surface area contributed by atoms with Crippen molar-refractivity contribution >= 4 is 0 Å². The predicted molar refractivity (Wildman–Crippen MR) is 84.5 cm³/mol. The number of hydrogen-bond acceptors (Lipinski definition) is 2. The van der Waals surface area contributed by atoms with Crippen LogP contribution in [-0.4, -0.2) is 28.2 Å². The zero-order valence-electron chi connectivity index (χ0n) is 12.4. The molecule has 20 heavy (non-hydrogen) atoms. The summed E-state index contributed by atoms with van der Waals surface area (Å²) in [6.45, 7) is 11.4. The average Bonchev–Trinajstić information content (AvgIpc) is 2.83. The maximum Gasteiger partial charge on any atom is 0.101 e. The second kappa shape index (κ2) is 6.38. The van der Waals surface area contributed by atoms with Crippen LogP contribution < -0.4 is 0 Å². The van der Waals surface area contributed by atoms with Gasteiger partial charge < -0.3 is 5.11 Å². The lowest BCUT2D eigenvalue weighted by Gasteiger charge is -2.38. The number of nitrogens with zero attached hydrogens (tertiary/aromatic N) is 1. The lowest BCUT2D eigenvalue weighted by Crippen LogP contribution is -2.49. The smallest absolute Gasteiger partial charge is 0.101 e. The molecule has 0 heterocycles. The number of aliphatic hydroxyl groups is 1. The second-order valence-electron chi connectivity index (χ2n) is 5.82. The van der Waals surface area contributed by atoms with Gasteiger partial charge in [0.15, 0.2) is 0 Å². The molecule has 2 nitrogen and oxygen atoms in total. The van der Waals surface area contributed by atoms with Crippen molar-refractivity contribution in [3.8, 4) is 0 Å². The topological polar surface area (TPSA) is 23.5 Å². The van der Waals surface area contributed by atoms with Crippen molar-refractivity contribution in [1.29, 1.82) is 0 Å². The first kappa shape index (κ1) is 15.0. The highest BCUT2D eigenvalue weighted by atomic mass is 16.3. The Morgan fingerprint density at radius 2 is 2.15 bits per heavy atom. The molecule has 0 aromatic heterocycles. The van der Waals surface area contributed by atoms with E-state index in [1.807, 2.05) is 19.1 Å². The maximum atomic E-state index is 10.9. The van der Waals surface area contributed by atoms with E-state index in [-0.39, 0.29) is 6.04 Å². The van der Waals surface area contributed by atoms with Gasteiger partial charge in [-0.25, -0.2) is 0 Å². The Morgan fingerprint density at radius 1 is 1.45 bits per heavy atom. The fourth-order valence-corrected chi connectivity index (χ4v) is 3.24. The molecule has 1 aromatic rings. The van der Waals surface area contributed by atoms with Crippen LogP contribution in [0.5, 0.6) is 0 Å². The van der Waals surface area contributed by atoms with Gasteiger partial charge in [-0.2, -0.15) is 0 Å². The fourth-order valence-electron chi connectivity index (χ4n) is 3.24. The number of hydrogen-bond donors (Lipinski definition) is 1. The molecule has 0 radical (unpaired) electrons. The van der Waals surface area contributed by atoms with Crippen molar-refractivity contribution in [2.45, 2.75) is 44.4 Å². The molecule has 2 rings (SSSR count). The maximum absolute atomic E-state index is 10.9. The van der Waals surface area contributed by atoms with E-state index in [2.05, 4.69) is 42.3 Å². The third-order valence-electron chi connectivity index (χ3n) is 4.36. The van der Waals surface area contributed by atoms with Gasteiger partial charge >= 0.3 is 0 Å². The van der Waals surface area contributed by atoms with Gasteiger partial charge in [-0.15, -0.1) is 6.58 Å². The molecule has 1 aromatic carbocycles. The van der Waals surface area contributed by atoms with E-state index in [1.54, 1.807) is 0 Å². The third kappa shape index (κ3) is 3.02. The first-order valence-corrected chi connectivity index (χ1v) is 7.35. The lowest BCUT2D eigenvalue weighted by atomic mass is 9.89. The van der Waals surface area contributed by atoms with E-state index >= 15 is 0 Å². The SMILES string of the molecule is C=CCN(Cc1ccccc1)[C@@H]1CCC[C@@]1(O)C(=C)C. The van der Waals surface area contributed by atoms with Gasteiger partial charge in [0.05, 0.1) is 0 Å². The Kier molecular flexibility index (Phi) is 4.79. The highest BCUT2D eigenvalue weighted by molar-refractivity contribution is 5.20. The molecule has 0 aliphatic heterocycles. The van der Waals surface area contributed by atoms with Crippen LogP contribution >= 0.6 is 0 Å². The first-order valence-electron chi connectivity index (χ1n) is 7.35. The monoisotopic (exact) mass is 271 g/mol. The minimum atomic E-state index is -0.752. The van der Waals surface area contributed by atoms with Crippen LogP contribution in [0.4, 0.5) is 0 Å². The summed E-state index contributed by atoms with van der Waals surface area (Å²) in [6, 6.07) is 10.5. The summed E-state index contributed by atoms with van der Waals surface area (Å²) < 4.78 is 0. The molecule has 0 saturated heterocycles. The zero-order chi connectivity index (χ0) is 14.6. The van der Waals surface area contributed by atoms with Gasteiger partial charge in [-0.1, -0.05) is 43.0 Å². The molecule has 0 amide bonds. The van der Waals surface area contributed by atoms with E-state index in [1.165, 1.54) is 5.56 Å². The van der Waals surface area contributed by atoms with Crippen molar-refractivity contribution in [1.82, 2.24) is 4.90 Å². The van der Waals surface area contributed by atoms with Crippen LogP contribution in [0.2, 0.25) is 0 Å². The van der Waals surface area contributed by atoms with Crippen LogP contribution in [-0.2, 0) is 6.54 Å². The second-order valence-corrected chi connectivity index (χ2v) is 5.82. The molecule has 0 bridgehead atoms. The minimum Gasteiger partial charge on any atom is -0.384 e. The highest BCUT2D eigenvalue weighted by Crippen LogP contribution is 2.38. The molecule has 0 spiro atoms. The van der Waals surface area contributed by atoms with Gasteiger partial charge in [0.2, 0.25) is 0 Å². The molecule has 1 aliphatic carbocycles. The molecule has 1 aliphatic rings. The Labute approximate surface area is 122 Å². The summed E-state index contributed by atoms with van der Waals surface area (Å²) in [5, 5.41) is 10.9. The van der Waals surface area contributed by atoms with E-state index in [9.17, 15) is 5.11 Å². The van der Waals surface area contributed by atoms with Gasteiger partial charge in [0.25, 0.3) is 0 Å². The largest absolute Gasteiger partial charge is 0.384 e. The Hall–Kier alpha value is -1.38. The molecule has 108 valence electrons. The van der Waals surface area contributed by atoms with Crippen molar-refractivity contribution in [2.24, 2.45) is 0 Å². The van der Waals surface area contributed by atoms with E-state index in [4.69, 9.17) is 0 Å². The Balaban J connectivity index is 2.20. The van der Waals surface area contributed by atoms with Crippen molar-refractivity contribution < 1.29 is 5.11 Å². The van der Waals surface area contributed by atoms with E-state index in [0.29, 0.717) is 0 Å². The lowest BCUT2D eigenvalue weighted by molar-refractivity contribution is 0.00269. The molecular weight excluding hydrogens is 246 g/mol. The summed E-state index contributed by atoms with van der Waals surface area (Å²) in [7, 11) is 0. The Bertz CT molecular complexity index is 468. The van der Waals surface area contributed by atoms with Crippen molar-refractivity contribution in [2.75, 3.05) is 6.54 Å². The number of rotatable bonds is 6. The first-order chi connectivity index (χ1) is 9.58. The van der Waals surface area contributed by atoms with Crippen LogP contribution in [0.15, 0.2) is 55.1 Å². The number of benzene rings is 1. The van der Waals surface area contributed by atoms with Gasteiger partial charge in [0.1, 0.15) is 5.60 Å². The highest BCUT2D eigenvalue weighted by Gasteiger charge is 2.44. The van der Waals surface area contributed by atoms with E-state index in [0.717, 1.165) is 37.9 Å². The standard InChI is InChI=1S/C18H25NO/c1-4-13-19(14-16-9-6-5-7-10-16)17-11-8-12-18(17,20)15(2)3/h4-7,9-10,17,20H,1-2,8,11-14H2,3H3/t17-,18-/m1/s1. The quantitative estimate of drug-likeness (QED) is 0.800. The minimum absolute atomic E-state index is 0.137. The van der Waals surface area contributed by atoms with E-state index < -0.39 is 5.60 Å². The molecule has 0 unspecified atom stereocenters. The third-order valence-corrected chi connectivity index (χ3v) is 4.36. The average molecular weight is 271 g/mol. The van der Waals surface area contributed by atoms with Crippen LogP contribution in [0.25, 0.3) is 0 Å². The molecule has 1 saturated carbocycles.